The third kappa shape index (κ3) is 1.70. The zero-order valence-corrected chi connectivity index (χ0v) is 12.1. The Morgan fingerprint density at radius 1 is 1.39 bits per heavy atom. The number of ether oxygens (including phenoxy) is 1. The first-order chi connectivity index (χ1) is 8.70. The molecule has 5 nitrogen and oxygen atoms in total. The Morgan fingerprint density at radius 2 is 2.22 bits per heavy atom. The van der Waals surface area contributed by atoms with Crippen molar-refractivity contribution in [2.24, 2.45) is 7.05 Å². The molecule has 0 saturated heterocycles. The minimum atomic E-state index is 0.561. The first kappa shape index (κ1) is 11.6. The van der Waals surface area contributed by atoms with E-state index in [0.717, 1.165) is 14.7 Å². The van der Waals surface area contributed by atoms with Gasteiger partial charge in [0.05, 0.1) is 11.6 Å². The van der Waals surface area contributed by atoms with Gasteiger partial charge in [-0.2, -0.15) is 4.98 Å². The molecule has 3 aromatic heterocycles. The molecule has 7 heteroatoms. The first-order valence-corrected chi connectivity index (χ1v) is 6.84. The summed E-state index contributed by atoms with van der Waals surface area (Å²) in [4.78, 5) is 13.2. The molecular formula is C11H9BrN4OS. The number of nitrogens with zero attached hydrogens (tertiary/aromatic N) is 4. The van der Waals surface area contributed by atoms with Gasteiger partial charge in [0, 0.05) is 24.8 Å². The molecular weight excluding hydrogens is 316 g/mol. The fraction of sp³-hybridized carbons (Fsp3) is 0.182. The molecule has 0 spiro atoms. The van der Waals surface area contributed by atoms with E-state index in [1.54, 1.807) is 24.6 Å². The van der Waals surface area contributed by atoms with Crippen LogP contribution in [0.25, 0.3) is 21.9 Å². The average Bonchev–Trinajstić information content (AvgIpc) is 2.95. The van der Waals surface area contributed by atoms with Gasteiger partial charge in [-0.1, -0.05) is 0 Å². The van der Waals surface area contributed by atoms with Crippen molar-refractivity contribution in [1.82, 2.24) is 19.5 Å². The smallest absolute Gasteiger partial charge is 0.235 e. The molecule has 18 heavy (non-hydrogen) atoms. The Bertz CT molecular complexity index is 721. The highest BCUT2D eigenvalue weighted by Gasteiger charge is 2.15. The van der Waals surface area contributed by atoms with Crippen molar-refractivity contribution in [3.63, 3.8) is 0 Å². The summed E-state index contributed by atoms with van der Waals surface area (Å²) in [6, 6.07) is 0. The molecule has 0 bridgehead atoms. The standard InChI is InChI=1S/C11H9BrN4OS/c1-16-4-3-13-10(16)9-14-7-6(12)5-18-8(7)11(15-9)17-2/h3-5H,1-2H3. The summed E-state index contributed by atoms with van der Waals surface area (Å²) in [5.74, 6) is 1.85. The Morgan fingerprint density at radius 3 is 2.89 bits per heavy atom. The van der Waals surface area contributed by atoms with Crippen LogP contribution in [0.5, 0.6) is 5.88 Å². The summed E-state index contributed by atoms with van der Waals surface area (Å²) in [6.45, 7) is 0. The van der Waals surface area contributed by atoms with E-state index < -0.39 is 0 Å². The molecule has 0 atom stereocenters. The SMILES string of the molecule is COc1nc(-c2nccn2C)nc2c(Br)csc12. The van der Waals surface area contributed by atoms with Gasteiger partial charge in [0.15, 0.2) is 11.6 Å². The van der Waals surface area contributed by atoms with Crippen LogP contribution < -0.4 is 4.74 Å². The van der Waals surface area contributed by atoms with E-state index in [9.17, 15) is 0 Å². The Balaban J connectivity index is 2.31. The number of aryl methyl sites for hydroxylation is 1. The Hall–Kier alpha value is -1.47. The molecule has 0 N–H and O–H groups in total. The summed E-state index contributed by atoms with van der Waals surface area (Å²) in [5, 5.41) is 1.98. The molecule has 92 valence electrons. The summed E-state index contributed by atoms with van der Waals surface area (Å²) in [6.07, 6.45) is 3.58. The molecule has 0 radical (unpaired) electrons. The topological polar surface area (TPSA) is 52.8 Å². The van der Waals surface area contributed by atoms with Crippen LogP contribution in [0.2, 0.25) is 0 Å². The number of thiophene rings is 1. The quantitative estimate of drug-likeness (QED) is 0.727. The molecule has 0 aliphatic carbocycles. The van der Waals surface area contributed by atoms with Gasteiger partial charge < -0.3 is 9.30 Å². The van der Waals surface area contributed by atoms with E-state index in [1.165, 1.54) is 0 Å². The predicted octanol–water partition coefficient (Wildman–Crippen LogP) is 2.86. The van der Waals surface area contributed by atoms with Crippen LogP contribution >= 0.6 is 27.3 Å². The van der Waals surface area contributed by atoms with Crippen molar-refractivity contribution in [3.05, 3.63) is 22.2 Å². The lowest BCUT2D eigenvalue weighted by Crippen LogP contribution is -1.99. The van der Waals surface area contributed by atoms with E-state index >= 15 is 0 Å². The summed E-state index contributed by atoms with van der Waals surface area (Å²) in [5.41, 5.74) is 0.852. The van der Waals surface area contributed by atoms with E-state index in [1.807, 2.05) is 23.2 Å². The van der Waals surface area contributed by atoms with Gasteiger partial charge in [-0.25, -0.2) is 9.97 Å². The second kappa shape index (κ2) is 4.33. The molecule has 0 aromatic carbocycles. The van der Waals surface area contributed by atoms with Crippen LogP contribution in [0.1, 0.15) is 0 Å². The number of halogens is 1. The Kier molecular flexibility index (Phi) is 2.79. The Labute approximate surface area is 116 Å². The van der Waals surface area contributed by atoms with Crippen LogP contribution in [0.3, 0.4) is 0 Å². The lowest BCUT2D eigenvalue weighted by atomic mass is 10.4. The van der Waals surface area contributed by atoms with Gasteiger partial charge in [0.1, 0.15) is 10.2 Å². The van der Waals surface area contributed by atoms with Crippen molar-refractivity contribution < 1.29 is 4.74 Å². The van der Waals surface area contributed by atoms with Crippen molar-refractivity contribution in [2.75, 3.05) is 7.11 Å². The maximum absolute atomic E-state index is 5.32. The first-order valence-electron chi connectivity index (χ1n) is 5.17. The zero-order valence-electron chi connectivity index (χ0n) is 9.72. The molecule has 3 heterocycles. The molecule has 0 amide bonds. The maximum atomic E-state index is 5.32. The number of rotatable bonds is 2. The van der Waals surface area contributed by atoms with E-state index in [4.69, 9.17) is 4.74 Å². The van der Waals surface area contributed by atoms with Crippen molar-refractivity contribution in [3.8, 4) is 17.5 Å². The molecule has 3 aromatic rings. The zero-order chi connectivity index (χ0) is 12.7. The molecule has 0 aliphatic rings. The molecule has 0 saturated carbocycles. The second-order valence-corrected chi connectivity index (χ2v) is 5.41. The molecule has 3 rings (SSSR count). The molecule has 0 fully saturated rings. The summed E-state index contributed by atoms with van der Waals surface area (Å²) < 4.78 is 9.07. The molecule has 0 unspecified atom stereocenters. The van der Waals surface area contributed by atoms with Gasteiger partial charge in [0.25, 0.3) is 0 Å². The van der Waals surface area contributed by atoms with Crippen LogP contribution in [0.4, 0.5) is 0 Å². The summed E-state index contributed by atoms with van der Waals surface area (Å²) in [7, 11) is 3.52. The number of aromatic nitrogens is 4. The number of imidazole rings is 1. The average molecular weight is 325 g/mol. The lowest BCUT2D eigenvalue weighted by molar-refractivity contribution is 0.404. The number of hydrogen-bond acceptors (Lipinski definition) is 5. The largest absolute Gasteiger partial charge is 0.480 e. The normalized spacial score (nSPS) is 11.1. The fourth-order valence-corrected chi connectivity index (χ4v) is 3.21. The van der Waals surface area contributed by atoms with Gasteiger partial charge in [-0.15, -0.1) is 11.3 Å². The number of methoxy groups -OCH3 is 1. The van der Waals surface area contributed by atoms with Gasteiger partial charge >= 0.3 is 0 Å². The third-order valence-corrected chi connectivity index (χ3v) is 4.42. The van der Waals surface area contributed by atoms with E-state index in [0.29, 0.717) is 17.5 Å². The van der Waals surface area contributed by atoms with Crippen LogP contribution in [-0.2, 0) is 7.05 Å². The number of fused-ring (bicyclic) bond motifs is 1. The molecule has 0 aliphatic heterocycles. The maximum Gasteiger partial charge on any atom is 0.235 e. The van der Waals surface area contributed by atoms with Crippen LogP contribution in [0, 0.1) is 0 Å². The minimum Gasteiger partial charge on any atom is -0.480 e. The van der Waals surface area contributed by atoms with E-state index in [-0.39, 0.29) is 0 Å². The van der Waals surface area contributed by atoms with E-state index in [2.05, 4.69) is 30.9 Å². The fourth-order valence-electron chi connectivity index (χ4n) is 1.68. The number of hydrogen-bond donors (Lipinski definition) is 0. The lowest BCUT2D eigenvalue weighted by Gasteiger charge is -2.04. The van der Waals surface area contributed by atoms with Crippen LogP contribution in [0.15, 0.2) is 22.2 Å². The predicted molar refractivity (Wildman–Crippen MR) is 73.9 cm³/mol. The highest BCUT2D eigenvalue weighted by atomic mass is 79.9. The van der Waals surface area contributed by atoms with Gasteiger partial charge in [-0.05, 0) is 15.9 Å². The summed E-state index contributed by atoms with van der Waals surface area (Å²) >= 11 is 5.03. The van der Waals surface area contributed by atoms with Crippen molar-refractivity contribution in [2.45, 2.75) is 0 Å². The van der Waals surface area contributed by atoms with Crippen LogP contribution in [-0.4, -0.2) is 26.6 Å². The van der Waals surface area contributed by atoms with Crippen molar-refractivity contribution >= 4 is 37.5 Å². The van der Waals surface area contributed by atoms with Gasteiger partial charge in [-0.3, -0.25) is 0 Å². The third-order valence-electron chi connectivity index (χ3n) is 2.56. The minimum absolute atomic E-state index is 0.561. The van der Waals surface area contributed by atoms with Gasteiger partial charge in [0.2, 0.25) is 5.88 Å². The monoisotopic (exact) mass is 324 g/mol. The highest BCUT2D eigenvalue weighted by molar-refractivity contribution is 9.10. The highest BCUT2D eigenvalue weighted by Crippen LogP contribution is 2.35. The second-order valence-electron chi connectivity index (χ2n) is 3.68. The van der Waals surface area contributed by atoms with Crippen molar-refractivity contribution in [1.29, 1.82) is 0 Å².